The van der Waals surface area contributed by atoms with Gasteiger partial charge in [-0.1, -0.05) is 5.10 Å². The van der Waals surface area contributed by atoms with Crippen LogP contribution >= 0.6 is 0 Å². The Morgan fingerprint density at radius 3 is 2.89 bits per heavy atom. The van der Waals surface area contributed by atoms with Crippen molar-refractivity contribution in [3.63, 3.8) is 0 Å². The molecule has 9 heavy (non-hydrogen) atoms. The van der Waals surface area contributed by atoms with Gasteiger partial charge in [-0.05, 0) is 12.1 Å². The molecular weight excluding hydrogens is 118 g/mol. The third kappa shape index (κ3) is 1.38. The average molecular weight is 127 g/mol. The summed E-state index contributed by atoms with van der Waals surface area (Å²) in [7, 11) is 1.73. The molecular formula is C4H9N5. The maximum absolute atomic E-state index is 3.88. The molecule has 0 amide bonds. The van der Waals surface area contributed by atoms with Crippen molar-refractivity contribution in [2.75, 3.05) is 11.9 Å². The summed E-state index contributed by atoms with van der Waals surface area (Å²) in [5, 5.41) is 14.1. The normalized spacial score (nSPS) is 9.56. The first-order valence-electron chi connectivity index (χ1n) is 2.81. The van der Waals surface area contributed by atoms with Crippen molar-refractivity contribution in [2.24, 2.45) is 7.05 Å². The van der Waals surface area contributed by atoms with Gasteiger partial charge in [-0.3, -0.25) is 0 Å². The molecule has 5 nitrogen and oxygen atoms in total. The minimum atomic E-state index is 0.583. The highest BCUT2D eigenvalue weighted by Crippen LogP contribution is 1.88. The summed E-state index contributed by atoms with van der Waals surface area (Å²) in [5.41, 5.74) is 0. The van der Waals surface area contributed by atoms with Crippen LogP contribution in [0.1, 0.15) is 6.92 Å². The lowest BCUT2D eigenvalue weighted by Crippen LogP contribution is -1.99. The second kappa shape index (κ2) is 2.43. The van der Waals surface area contributed by atoms with E-state index in [0.29, 0.717) is 5.95 Å². The van der Waals surface area contributed by atoms with Gasteiger partial charge in [-0.15, -0.1) is 5.10 Å². The molecule has 0 bridgehead atoms. The number of hydrogen-bond acceptors (Lipinski definition) is 4. The van der Waals surface area contributed by atoms with Crippen LogP contribution in [0, 0.1) is 0 Å². The smallest absolute Gasteiger partial charge is 0.263 e. The molecule has 0 unspecified atom stereocenters. The molecule has 0 aromatic carbocycles. The van der Waals surface area contributed by atoms with Crippen LogP contribution in [0.3, 0.4) is 0 Å². The van der Waals surface area contributed by atoms with Crippen LogP contribution in [0.25, 0.3) is 0 Å². The molecule has 1 N–H and O–H groups in total. The zero-order chi connectivity index (χ0) is 6.69. The van der Waals surface area contributed by atoms with Gasteiger partial charge in [-0.2, -0.15) is 4.80 Å². The standard InChI is InChI=1S/C4H9N5/c1-3-5-4-6-8-9(2)7-4/h3H2,1-2H3,(H,5,7). The monoisotopic (exact) mass is 127 g/mol. The third-order valence-corrected chi connectivity index (χ3v) is 0.843. The van der Waals surface area contributed by atoms with Crippen molar-refractivity contribution in [3.05, 3.63) is 0 Å². The largest absolute Gasteiger partial charge is 0.352 e. The second-order valence-corrected chi connectivity index (χ2v) is 1.63. The Bertz CT molecular complexity index is 181. The summed E-state index contributed by atoms with van der Waals surface area (Å²) in [6.45, 7) is 2.81. The van der Waals surface area contributed by atoms with Crippen LogP contribution in [0.15, 0.2) is 0 Å². The summed E-state index contributed by atoms with van der Waals surface area (Å²) >= 11 is 0. The lowest BCUT2D eigenvalue weighted by Gasteiger charge is -1.89. The highest BCUT2D eigenvalue weighted by Gasteiger charge is 1.93. The van der Waals surface area contributed by atoms with Gasteiger partial charge in [0.15, 0.2) is 0 Å². The molecule has 0 radical (unpaired) electrons. The van der Waals surface area contributed by atoms with Crippen LogP contribution in [-0.2, 0) is 7.05 Å². The number of anilines is 1. The third-order valence-electron chi connectivity index (χ3n) is 0.843. The van der Waals surface area contributed by atoms with Crippen LogP contribution in [0.2, 0.25) is 0 Å². The Kier molecular flexibility index (Phi) is 1.62. The summed E-state index contributed by atoms with van der Waals surface area (Å²) < 4.78 is 0. The molecule has 0 aliphatic carbocycles. The van der Waals surface area contributed by atoms with Gasteiger partial charge >= 0.3 is 0 Å². The SMILES string of the molecule is CCNc1nnn(C)n1. The molecule has 0 spiro atoms. The number of rotatable bonds is 2. The zero-order valence-electron chi connectivity index (χ0n) is 5.50. The molecule has 1 aromatic heterocycles. The van der Waals surface area contributed by atoms with E-state index in [1.54, 1.807) is 7.05 Å². The van der Waals surface area contributed by atoms with Gasteiger partial charge in [0.1, 0.15) is 0 Å². The first-order chi connectivity index (χ1) is 4.33. The van der Waals surface area contributed by atoms with Crippen molar-refractivity contribution < 1.29 is 0 Å². The molecule has 1 aromatic rings. The summed E-state index contributed by atoms with van der Waals surface area (Å²) in [6, 6.07) is 0. The molecule has 0 aliphatic heterocycles. The van der Waals surface area contributed by atoms with E-state index in [0.717, 1.165) is 6.54 Å². The predicted molar refractivity (Wildman–Crippen MR) is 33.0 cm³/mol. The molecule has 1 rings (SSSR count). The van der Waals surface area contributed by atoms with Crippen molar-refractivity contribution in [3.8, 4) is 0 Å². The lowest BCUT2D eigenvalue weighted by atomic mass is 10.7. The minimum absolute atomic E-state index is 0.583. The molecule has 0 atom stereocenters. The Hall–Kier alpha value is -1.13. The van der Waals surface area contributed by atoms with Crippen molar-refractivity contribution in [1.82, 2.24) is 20.2 Å². The molecule has 0 saturated heterocycles. The van der Waals surface area contributed by atoms with E-state index in [4.69, 9.17) is 0 Å². The number of nitrogens with zero attached hydrogens (tertiary/aromatic N) is 4. The Balaban J connectivity index is 2.61. The quantitative estimate of drug-likeness (QED) is 0.589. The predicted octanol–water partition coefficient (Wildman–Crippen LogP) is -0.358. The van der Waals surface area contributed by atoms with Gasteiger partial charge in [0.05, 0.1) is 7.05 Å². The van der Waals surface area contributed by atoms with Gasteiger partial charge < -0.3 is 5.32 Å². The second-order valence-electron chi connectivity index (χ2n) is 1.63. The average Bonchev–Trinajstić information content (AvgIpc) is 2.17. The molecule has 0 fully saturated rings. The van der Waals surface area contributed by atoms with Crippen LogP contribution in [0.4, 0.5) is 5.95 Å². The van der Waals surface area contributed by atoms with E-state index in [1.807, 2.05) is 6.92 Å². The summed E-state index contributed by atoms with van der Waals surface area (Å²) in [5.74, 6) is 0.583. The molecule has 5 heteroatoms. The van der Waals surface area contributed by atoms with Gasteiger partial charge in [0, 0.05) is 6.54 Å². The van der Waals surface area contributed by atoms with Crippen molar-refractivity contribution >= 4 is 5.95 Å². The zero-order valence-corrected chi connectivity index (χ0v) is 5.50. The maximum Gasteiger partial charge on any atom is 0.263 e. The number of aromatic nitrogens is 4. The lowest BCUT2D eigenvalue weighted by molar-refractivity contribution is 0.630. The number of hydrogen-bond donors (Lipinski definition) is 1. The molecule has 0 aliphatic rings. The van der Waals surface area contributed by atoms with Crippen LogP contribution in [0.5, 0.6) is 0 Å². The highest BCUT2D eigenvalue weighted by molar-refractivity contribution is 5.17. The van der Waals surface area contributed by atoms with Crippen LogP contribution < -0.4 is 5.32 Å². The van der Waals surface area contributed by atoms with Gasteiger partial charge in [-0.25, -0.2) is 0 Å². The first kappa shape index (κ1) is 6.00. The topological polar surface area (TPSA) is 55.6 Å². The van der Waals surface area contributed by atoms with E-state index in [9.17, 15) is 0 Å². The summed E-state index contributed by atoms with van der Waals surface area (Å²) in [6.07, 6.45) is 0. The fourth-order valence-electron chi connectivity index (χ4n) is 0.513. The fraction of sp³-hybridized carbons (Fsp3) is 0.750. The fourth-order valence-corrected chi connectivity index (χ4v) is 0.513. The summed E-state index contributed by atoms with van der Waals surface area (Å²) in [4.78, 5) is 1.41. The van der Waals surface area contributed by atoms with Crippen molar-refractivity contribution in [2.45, 2.75) is 6.92 Å². The van der Waals surface area contributed by atoms with Gasteiger partial charge in [0.25, 0.3) is 5.95 Å². The highest BCUT2D eigenvalue weighted by atomic mass is 15.6. The Labute approximate surface area is 53.1 Å². The number of nitrogens with one attached hydrogen (secondary N) is 1. The van der Waals surface area contributed by atoms with Crippen LogP contribution in [-0.4, -0.2) is 26.8 Å². The van der Waals surface area contributed by atoms with E-state index >= 15 is 0 Å². The van der Waals surface area contributed by atoms with Crippen molar-refractivity contribution in [1.29, 1.82) is 0 Å². The van der Waals surface area contributed by atoms with Gasteiger partial charge in [0.2, 0.25) is 0 Å². The number of aryl methyl sites for hydroxylation is 1. The maximum atomic E-state index is 3.88. The van der Waals surface area contributed by atoms with E-state index < -0.39 is 0 Å². The Morgan fingerprint density at radius 2 is 2.44 bits per heavy atom. The van der Waals surface area contributed by atoms with E-state index in [2.05, 4.69) is 20.7 Å². The minimum Gasteiger partial charge on any atom is -0.352 e. The number of tetrazole rings is 1. The van der Waals surface area contributed by atoms with E-state index in [1.165, 1.54) is 4.80 Å². The molecule has 1 heterocycles. The van der Waals surface area contributed by atoms with E-state index in [-0.39, 0.29) is 0 Å². The Morgan fingerprint density at radius 1 is 1.67 bits per heavy atom. The molecule has 50 valence electrons. The molecule has 0 saturated carbocycles. The first-order valence-corrected chi connectivity index (χ1v) is 2.81.